The number of carbonyl (C=O) groups is 1. The first-order valence-electron chi connectivity index (χ1n) is 13.6. The zero-order valence-electron chi connectivity index (χ0n) is 24.9. The van der Waals surface area contributed by atoms with Crippen LogP contribution in [0.3, 0.4) is 0 Å². The quantitative estimate of drug-likeness (QED) is 0.111. The summed E-state index contributed by atoms with van der Waals surface area (Å²) < 4.78 is 12.5. The Morgan fingerprint density at radius 3 is 2.24 bits per heavy atom. The second kappa shape index (κ2) is 12.1. The van der Waals surface area contributed by atoms with Crippen molar-refractivity contribution in [3.05, 3.63) is 101 Å². The van der Waals surface area contributed by atoms with E-state index >= 15 is 0 Å². The molecule has 0 saturated heterocycles. The maximum atomic E-state index is 10.0. The van der Waals surface area contributed by atoms with Crippen LogP contribution in [0.25, 0.3) is 55.6 Å². The number of ketones is 1. The van der Waals surface area contributed by atoms with E-state index < -0.39 is 0 Å². The van der Waals surface area contributed by atoms with Crippen LogP contribution in [-0.2, 0) is 30.3 Å². The van der Waals surface area contributed by atoms with Gasteiger partial charge in [-0.15, -0.1) is 18.2 Å². The fourth-order valence-electron chi connectivity index (χ4n) is 5.14. The standard InChI is InChI=1S/C31H26NO2.C5H8O2.Ir/c1-18-15-21(31(3,4)5)16-19(2)28(18)27-17-20-13-14-25(32-30(20)34-27)24-11-8-10-23-22-9-6-7-12-26(22)33-29(23)24;1-4(6)3-5(2)7;/h6-10,12-17H,1-5H3;3,6H,1-2H3;/q-1;;/b;4-3-;. The Labute approximate surface area is 259 Å². The molecule has 0 spiro atoms. The van der Waals surface area contributed by atoms with E-state index in [0.29, 0.717) is 5.71 Å². The van der Waals surface area contributed by atoms with E-state index in [1.165, 1.54) is 36.6 Å². The number of allylic oxidation sites excluding steroid dienone is 2. The summed E-state index contributed by atoms with van der Waals surface area (Å²) in [6, 6.07) is 26.1. The van der Waals surface area contributed by atoms with Gasteiger partial charge in [0.05, 0.1) is 11.3 Å². The van der Waals surface area contributed by atoms with Crippen LogP contribution < -0.4 is 0 Å². The molecule has 217 valence electrons. The molecule has 0 saturated carbocycles. The van der Waals surface area contributed by atoms with Crippen molar-refractivity contribution in [1.82, 2.24) is 4.98 Å². The zero-order valence-corrected chi connectivity index (χ0v) is 27.3. The van der Waals surface area contributed by atoms with Gasteiger partial charge in [0, 0.05) is 42.5 Å². The molecule has 3 aromatic heterocycles. The number of hydrogen-bond donors (Lipinski definition) is 1. The average molecular weight is 737 g/mol. The van der Waals surface area contributed by atoms with Crippen LogP contribution in [0.15, 0.2) is 87.4 Å². The molecule has 0 unspecified atom stereocenters. The Balaban J connectivity index is 0.000000454. The topological polar surface area (TPSA) is 76.5 Å². The van der Waals surface area contributed by atoms with Crippen LogP contribution >= 0.6 is 0 Å². The summed E-state index contributed by atoms with van der Waals surface area (Å²) in [5, 5.41) is 11.5. The summed E-state index contributed by atoms with van der Waals surface area (Å²) in [6.45, 7) is 13.9. The Morgan fingerprint density at radius 2 is 1.62 bits per heavy atom. The number of pyridine rings is 1. The first-order valence-corrected chi connectivity index (χ1v) is 13.6. The summed E-state index contributed by atoms with van der Waals surface area (Å²) in [6.07, 6.45) is 1.17. The van der Waals surface area contributed by atoms with Crippen molar-refractivity contribution in [3.63, 3.8) is 0 Å². The first-order chi connectivity index (χ1) is 19.4. The SMILES string of the molecule is CC(=O)/C=C(/C)O.Cc1cc(C(C)(C)C)cc(C)c1-c1cc2ccc(-c3[c-]ccc4c3oc3ccccc34)nc2o1.[Ir]. The molecule has 42 heavy (non-hydrogen) atoms. The molecule has 6 heteroatoms. The van der Waals surface area contributed by atoms with E-state index in [1.807, 2.05) is 36.4 Å². The van der Waals surface area contributed by atoms with Crippen LogP contribution in [0.5, 0.6) is 0 Å². The van der Waals surface area contributed by atoms with Gasteiger partial charge < -0.3 is 13.9 Å². The van der Waals surface area contributed by atoms with Crippen LogP contribution in [0, 0.1) is 19.9 Å². The maximum Gasteiger partial charge on any atom is 0.217 e. The Bertz CT molecular complexity index is 1930. The smallest absolute Gasteiger partial charge is 0.217 e. The average Bonchev–Trinajstić information content (AvgIpc) is 3.48. The van der Waals surface area contributed by atoms with Gasteiger partial charge in [0.1, 0.15) is 11.3 Å². The van der Waals surface area contributed by atoms with Crippen molar-refractivity contribution < 1.29 is 38.8 Å². The molecule has 1 N–H and O–H groups in total. The van der Waals surface area contributed by atoms with Crippen LogP contribution in [0.4, 0.5) is 0 Å². The molecule has 0 aliphatic rings. The van der Waals surface area contributed by atoms with Crippen molar-refractivity contribution in [2.45, 2.75) is 53.9 Å². The van der Waals surface area contributed by atoms with E-state index in [0.717, 1.165) is 49.9 Å². The molecule has 0 aliphatic carbocycles. The van der Waals surface area contributed by atoms with Crippen molar-refractivity contribution in [2.24, 2.45) is 0 Å². The normalized spacial score (nSPS) is 11.8. The molecular weight excluding hydrogens is 703 g/mol. The van der Waals surface area contributed by atoms with Gasteiger partial charge in [0.15, 0.2) is 5.78 Å². The van der Waals surface area contributed by atoms with E-state index in [1.54, 1.807) is 0 Å². The predicted molar refractivity (Wildman–Crippen MR) is 166 cm³/mol. The largest absolute Gasteiger partial charge is 0.512 e. The van der Waals surface area contributed by atoms with Gasteiger partial charge in [0.2, 0.25) is 5.71 Å². The molecule has 1 radical (unpaired) electrons. The fourth-order valence-corrected chi connectivity index (χ4v) is 5.14. The van der Waals surface area contributed by atoms with Gasteiger partial charge in [-0.3, -0.25) is 9.78 Å². The molecule has 0 amide bonds. The third kappa shape index (κ3) is 6.25. The van der Waals surface area contributed by atoms with Crippen molar-refractivity contribution in [3.8, 4) is 22.6 Å². The number of carbonyl (C=O) groups excluding carboxylic acids is 1. The second-order valence-corrected chi connectivity index (χ2v) is 11.5. The third-order valence-corrected chi connectivity index (χ3v) is 7.03. The monoisotopic (exact) mass is 737 g/mol. The van der Waals surface area contributed by atoms with Gasteiger partial charge in [-0.1, -0.05) is 74.2 Å². The molecule has 6 rings (SSSR count). The van der Waals surface area contributed by atoms with Crippen molar-refractivity contribution in [2.75, 3.05) is 0 Å². The molecule has 0 fully saturated rings. The second-order valence-electron chi connectivity index (χ2n) is 11.5. The number of rotatable bonds is 3. The van der Waals surface area contributed by atoms with E-state index in [2.05, 4.69) is 71.0 Å². The van der Waals surface area contributed by atoms with Crippen LogP contribution in [0.2, 0.25) is 0 Å². The molecule has 3 heterocycles. The number of furan rings is 2. The van der Waals surface area contributed by atoms with Gasteiger partial charge in [-0.25, -0.2) is 0 Å². The first kappa shape index (κ1) is 31.0. The third-order valence-electron chi connectivity index (χ3n) is 7.03. The zero-order chi connectivity index (χ0) is 29.5. The van der Waals surface area contributed by atoms with E-state index in [-0.39, 0.29) is 37.1 Å². The maximum absolute atomic E-state index is 10.0. The molecule has 0 atom stereocenters. The molecule has 0 aliphatic heterocycles. The van der Waals surface area contributed by atoms with Crippen molar-refractivity contribution in [1.29, 1.82) is 0 Å². The Hall–Kier alpha value is -3.99. The number of fused-ring (bicyclic) bond motifs is 4. The predicted octanol–water partition coefficient (Wildman–Crippen LogP) is 9.81. The van der Waals surface area contributed by atoms with Crippen LogP contribution in [0.1, 0.15) is 51.3 Å². The van der Waals surface area contributed by atoms with Gasteiger partial charge >= 0.3 is 0 Å². The van der Waals surface area contributed by atoms with E-state index in [4.69, 9.17) is 18.9 Å². The molecule has 5 nitrogen and oxygen atoms in total. The molecule has 3 aromatic carbocycles. The van der Waals surface area contributed by atoms with Crippen LogP contribution in [-0.4, -0.2) is 15.9 Å². The van der Waals surface area contributed by atoms with Crippen molar-refractivity contribution >= 4 is 38.8 Å². The summed E-state index contributed by atoms with van der Waals surface area (Å²) >= 11 is 0. The van der Waals surface area contributed by atoms with E-state index in [9.17, 15) is 4.79 Å². The van der Waals surface area contributed by atoms with Gasteiger partial charge in [0.25, 0.3) is 0 Å². The minimum Gasteiger partial charge on any atom is -0.512 e. The number of aromatic nitrogens is 1. The number of aryl methyl sites for hydroxylation is 2. The minimum atomic E-state index is -0.125. The fraction of sp³-hybridized carbons (Fsp3) is 0.222. The summed E-state index contributed by atoms with van der Waals surface area (Å²) in [4.78, 5) is 14.9. The minimum absolute atomic E-state index is 0. The summed E-state index contributed by atoms with van der Waals surface area (Å²) in [7, 11) is 0. The molecule has 0 bridgehead atoms. The Kier molecular flexibility index (Phi) is 8.91. The number of aliphatic hydroxyl groups excluding tert-OH is 1. The molecule has 6 aromatic rings. The Morgan fingerprint density at radius 1 is 0.929 bits per heavy atom. The summed E-state index contributed by atoms with van der Waals surface area (Å²) in [5.74, 6) is 0.786. The van der Waals surface area contributed by atoms with Gasteiger partial charge in [-0.2, -0.15) is 0 Å². The number of para-hydroxylation sites is 1. The number of benzene rings is 3. The number of aliphatic hydroxyl groups is 1. The summed E-state index contributed by atoms with van der Waals surface area (Å²) in [5.41, 5.74) is 8.91. The number of hydrogen-bond acceptors (Lipinski definition) is 5. The number of nitrogens with zero attached hydrogens (tertiary/aromatic N) is 1. The molecular formula is C36H34IrNO4-. The van der Waals surface area contributed by atoms with Gasteiger partial charge in [-0.05, 0) is 67.6 Å².